The van der Waals surface area contributed by atoms with Crippen molar-refractivity contribution in [3.63, 3.8) is 0 Å². The third kappa shape index (κ3) is 5.54. The maximum atomic E-state index is 12.6. The molecule has 1 amide bonds. The van der Waals surface area contributed by atoms with Gasteiger partial charge in [0.15, 0.2) is 0 Å². The van der Waals surface area contributed by atoms with Gasteiger partial charge in [0.25, 0.3) is 5.56 Å². The number of hydrogen-bond donors (Lipinski definition) is 1. The minimum atomic E-state index is -0.247. The fraction of sp³-hybridized carbons (Fsp3) is 0.227. The second kappa shape index (κ2) is 9.52. The number of hydrogen-bond acceptors (Lipinski definition) is 4. The lowest BCUT2D eigenvalue weighted by molar-refractivity contribution is -0.121. The van der Waals surface area contributed by atoms with Gasteiger partial charge in [-0.05, 0) is 24.1 Å². The number of aromatic nitrogens is 2. The normalized spacial score (nSPS) is 10.6. The van der Waals surface area contributed by atoms with Gasteiger partial charge >= 0.3 is 0 Å². The van der Waals surface area contributed by atoms with Gasteiger partial charge in [0.1, 0.15) is 6.54 Å². The van der Waals surface area contributed by atoms with Crippen LogP contribution in [0.15, 0.2) is 69.9 Å². The molecule has 6 nitrogen and oxygen atoms in total. The van der Waals surface area contributed by atoms with Gasteiger partial charge in [0.2, 0.25) is 11.9 Å². The number of amides is 1. The lowest BCUT2D eigenvalue weighted by atomic mass is 10.2. The zero-order valence-corrected chi connectivity index (χ0v) is 18.0. The van der Waals surface area contributed by atoms with Gasteiger partial charge in [-0.25, -0.2) is 4.98 Å². The van der Waals surface area contributed by atoms with E-state index in [1.807, 2.05) is 66.5 Å². The minimum absolute atomic E-state index is 0.0922. The lowest BCUT2D eigenvalue weighted by Gasteiger charge is -2.22. The fourth-order valence-electron chi connectivity index (χ4n) is 3.01. The first-order valence-corrected chi connectivity index (χ1v) is 10.1. The summed E-state index contributed by atoms with van der Waals surface area (Å²) >= 11 is 3.47. The average molecular weight is 455 g/mol. The number of benzene rings is 2. The van der Waals surface area contributed by atoms with Crippen LogP contribution >= 0.6 is 15.9 Å². The lowest BCUT2D eigenvalue weighted by Crippen LogP contribution is -2.36. The molecule has 3 rings (SSSR count). The van der Waals surface area contributed by atoms with Crippen molar-refractivity contribution < 1.29 is 4.79 Å². The summed E-state index contributed by atoms with van der Waals surface area (Å²) in [5.74, 6) is 0.220. The fourth-order valence-corrected chi connectivity index (χ4v) is 3.43. The molecule has 0 spiro atoms. The van der Waals surface area contributed by atoms with Crippen LogP contribution in [0.4, 0.5) is 5.95 Å². The van der Waals surface area contributed by atoms with Crippen molar-refractivity contribution >= 4 is 27.8 Å². The maximum absolute atomic E-state index is 12.6. The highest BCUT2D eigenvalue weighted by atomic mass is 79.9. The van der Waals surface area contributed by atoms with Gasteiger partial charge in [-0.2, -0.15) is 0 Å². The Hall–Kier alpha value is -2.93. The Morgan fingerprint density at radius 3 is 2.55 bits per heavy atom. The van der Waals surface area contributed by atoms with Crippen LogP contribution in [-0.4, -0.2) is 22.5 Å². The first-order chi connectivity index (χ1) is 13.9. The number of nitrogens with zero attached hydrogens (tertiary/aromatic N) is 3. The van der Waals surface area contributed by atoms with Crippen molar-refractivity contribution in [3.05, 3.63) is 92.3 Å². The highest BCUT2D eigenvalue weighted by molar-refractivity contribution is 9.10. The van der Waals surface area contributed by atoms with Crippen molar-refractivity contribution in [2.24, 2.45) is 0 Å². The Kier molecular flexibility index (Phi) is 6.82. The first-order valence-electron chi connectivity index (χ1n) is 9.27. The first kappa shape index (κ1) is 20.8. The predicted molar refractivity (Wildman–Crippen MR) is 118 cm³/mol. The van der Waals surface area contributed by atoms with Crippen molar-refractivity contribution in [1.82, 2.24) is 14.9 Å². The van der Waals surface area contributed by atoms with Gasteiger partial charge in [0.05, 0.1) is 0 Å². The molecule has 0 bridgehead atoms. The molecule has 7 heteroatoms. The van der Waals surface area contributed by atoms with E-state index in [2.05, 4.69) is 26.2 Å². The van der Waals surface area contributed by atoms with E-state index in [-0.39, 0.29) is 18.0 Å². The molecule has 0 radical (unpaired) electrons. The average Bonchev–Trinajstić information content (AvgIpc) is 2.70. The predicted octanol–water partition coefficient (Wildman–Crippen LogP) is 3.27. The molecule has 0 saturated heterocycles. The Balaban J connectivity index is 1.76. The topological polar surface area (TPSA) is 67.2 Å². The number of rotatable bonds is 7. The monoisotopic (exact) mass is 454 g/mol. The van der Waals surface area contributed by atoms with Crippen molar-refractivity contribution in [2.75, 3.05) is 11.9 Å². The zero-order valence-electron chi connectivity index (χ0n) is 16.4. The molecule has 0 atom stereocenters. The molecule has 1 aromatic heterocycles. The summed E-state index contributed by atoms with van der Waals surface area (Å²) in [6.07, 6.45) is 0. The van der Waals surface area contributed by atoms with E-state index in [9.17, 15) is 9.59 Å². The highest BCUT2D eigenvalue weighted by Crippen LogP contribution is 2.15. The van der Waals surface area contributed by atoms with Crippen LogP contribution in [0.3, 0.4) is 0 Å². The van der Waals surface area contributed by atoms with Gasteiger partial charge in [-0.15, -0.1) is 0 Å². The van der Waals surface area contributed by atoms with Crippen LogP contribution in [0.25, 0.3) is 0 Å². The smallest absolute Gasteiger partial charge is 0.255 e. The molecular weight excluding hydrogens is 432 g/mol. The molecule has 3 aromatic rings. The second-order valence-electron chi connectivity index (χ2n) is 6.83. The van der Waals surface area contributed by atoms with Crippen LogP contribution in [0, 0.1) is 6.92 Å². The molecule has 0 fully saturated rings. The molecule has 0 aliphatic carbocycles. The second-order valence-corrected chi connectivity index (χ2v) is 7.69. The molecule has 0 aliphatic rings. The van der Waals surface area contributed by atoms with Gasteiger partial charge in [-0.3, -0.25) is 14.2 Å². The summed E-state index contributed by atoms with van der Waals surface area (Å²) in [7, 11) is 1.86. The molecule has 0 aliphatic heterocycles. The number of carbonyl (C=O) groups is 1. The Bertz CT molecular complexity index is 1050. The SMILES string of the molecule is Cc1cc(=O)n(CC(=O)NCc2ccccc2Br)c(N(C)Cc2ccccc2)n1. The quantitative estimate of drug-likeness (QED) is 0.594. The molecule has 29 heavy (non-hydrogen) atoms. The van der Waals surface area contributed by atoms with Crippen LogP contribution < -0.4 is 15.8 Å². The van der Waals surface area contributed by atoms with Crippen molar-refractivity contribution in [2.45, 2.75) is 26.6 Å². The molecule has 0 unspecified atom stereocenters. The van der Waals surface area contributed by atoms with Gasteiger partial charge in [0, 0.05) is 36.4 Å². The number of halogens is 1. The van der Waals surface area contributed by atoms with E-state index in [0.717, 1.165) is 15.6 Å². The highest BCUT2D eigenvalue weighted by Gasteiger charge is 2.15. The number of anilines is 1. The maximum Gasteiger partial charge on any atom is 0.255 e. The molecule has 0 saturated carbocycles. The van der Waals surface area contributed by atoms with Crippen LogP contribution in [0.1, 0.15) is 16.8 Å². The standard InChI is InChI=1S/C22H23BrN4O2/c1-16-12-21(29)27(15-20(28)24-13-18-10-6-7-11-19(18)23)22(25-16)26(2)14-17-8-4-3-5-9-17/h3-12H,13-15H2,1-2H3,(H,24,28). The van der Waals surface area contributed by atoms with E-state index in [1.165, 1.54) is 10.6 Å². The summed E-state index contributed by atoms with van der Waals surface area (Å²) in [5, 5.41) is 2.87. The summed E-state index contributed by atoms with van der Waals surface area (Å²) in [4.78, 5) is 31.5. The third-order valence-corrected chi connectivity index (χ3v) is 5.23. The van der Waals surface area contributed by atoms with E-state index >= 15 is 0 Å². The molecule has 2 aromatic carbocycles. The summed E-state index contributed by atoms with van der Waals surface area (Å²) in [5.41, 5.74) is 2.44. The summed E-state index contributed by atoms with van der Waals surface area (Å²) < 4.78 is 2.34. The van der Waals surface area contributed by atoms with Crippen LogP contribution in [0.2, 0.25) is 0 Å². The van der Waals surface area contributed by atoms with Crippen molar-refractivity contribution in [3.8, 4) is 0 Å². The van der Waals surface area contributed by atoms with Crippen LogP contribution in [-0.2, 0) is 24.4 Å². The Morgan fingerprint density at radius 2 is 1.83 bits per heavy atom. The van der Waals surface area contributed by atoms with Crippen LogP contribution in [0.5, 0.6) is 0 Å². The summed E-state index contributed by atoms with van der Waals surface area (Å²) in [6.45, 7) is 2.64. The summed E-state index contributed by atoms with van der Waals surface area (Å²) in [6, 6.07) is 19.1. The molecular formula is C22H23BrN4O2. The van der Waals surface area contributed by atoms with Gasteiger partial charge in [-0.1, -0.05) is 64.5 Å². The van der Waals surface area contributed by atoms with E-state index in [4.69, 9.17) is 0 Å². The largest absolute Gasteiger partial charge is 0.350 e. The number of nitrogens with one attached hydrogen (secondary N) is 1. The molecule has 1 N–H and O–H groups in total. The molecule has 1 heterocycles. The van der Waals surface area contributed by atoms with Crippen molar-refractivity contribution in [1.29, 1.82) is 0 Å². The third-order valence-electron chi connectivity index (χ3n) is 4.46. The van der Waals surface area contributed by atoms with E-state index in [1.54, 1.807) is 6.92 Å². The molecule has 150 valence electrons. The minimum Gasteiger partial charge on any atom is -0.350 e. The number of aryl methyl sites for hydroxylation is 1. The van der Waals surface area contributed by atoms with Gasteiger partial charge < -0.3 is 10.2 Å². The Morgan fingerprint density at radius 1 is 1.14 bits per heavy atom. The Labute approximate surface area is 178 Å². The van der Waals surface area contributed by atoms with E-state index in [0.29, 0.717) is 24.7 Å². The number of carbonyl (C=O) groups excluding carboxylic acids is 1. The zero-order chi connectivity index (χ0) is 20.8. The van der Waals surface area contributed by atoms with E-state index < -0.39 is 0 Å².